The molecule has 2 fully saturated rings. The molecule has 2 heterocycles. The Labute approximate surface area is 206 Å². The Kier molecular flexibility index (Phi) is 8.16. The summed E-state index contributed by atoms with van der Waals surface area (Å²) in [7, 11) is 0. The molecule has 6 nitrogen and oxygen atoms in total. The molecular formula is C28H34FN3O3. The van der Waals surface area contributed by atoms with E-state index in [1.165, 1.54) is 24.3 Å². The van der Waals surface area contributed by atoms with Crippen LogP contribution in [0.4, 0.5) is 4.39 Å². The Morgan fingerprint density at radius 1 is 0.857 bits per heavy atom. The average molecular weight is 480 g/mol. The number of amides is 3. The zero-order valence-corrected chi connectivity index (χ0v) is 20.4. The summed E-state index contributed by atoms with van der Waals surface area (Å²) in [5, 5.41) is 0. The molecule has 1 unspecified atom stereocenters. The molecule has 0 bridgehead atoms. The lowest BCUT2D eigenvalue weighted by atomic mass is 9.93. The van der Waals surface area contributed by atoms with Crippen LogP contribution >= 0.6 is 0 Å². The van der Waals surface area contributed by atoms with E-state index in [0.29, 0.717) is 43.9 Å². The fourth-order valence-electron chi connectivity index (χ4n) is 5.23. The Hall–Kier alpha value is -3.22. The third-order valence-corrected chi connectivity index (χ3v) is 7.11. The molecule has 2 aliphatic heterocycles. The fourth-order valence-corrected chi connectivity index (χ4v) is 5.23. The highest BCUT2D eigenvalue weighted by Gasteiger charge is 2.35. The number of benzene rings is 2. The number of halogens is 1. The highest BCUT2D eigenvalue weighted by Crippen LogP contribution is 2.25. The average Bonchev–Trinajstić information content (AvgIpc) is 2.91. The van der Waals surface area contributed by atoms with E-state index in [4.69, 9.17) is 0 Å². The fraction of sp³-hybridized carbons (Fsp3) is 0.464. The van der Waals surface area contributed by atoms with Crippen molar-refractivity contribution in [3.8, 4) is 0 Å². The van der Waals surface area contributed by atoms with Gasteiger partial charge in [-0.1, -0.05) is 25.1 Å². The summed E-state index contributed by atoms with van der Waals surface area (Å²) in [5.41, 5.74) is 1.14. The van der Waals surface area contributed by atoms with Gasteiger partial charge in [0.25, 0.3) is 11.8 Å². The first-order valence-electron chi connectivity index (χ1n) is 12.7. The van der Waals surface area contributed by atoms with Gasteiger partial charge in [0.2, 0.25) is 5.91 Å². The number of hydrogen-bond acceptors (Lipinski definition) is 3. The van der Waals surface area contributed by atoms with Crippen molar-refractivity contribution in [3.05, 3.63) is 71.5 Å². The summed E-state index contributed by atoms with van der Waals surface area (Å²) >= 11 is 0. The van der Waals surface area contributed by atoms with Gasteiger partial charge >= 0.3 is 0 Å². The molecule has 0 radical (unpaired) electrons. The van der Waals surface area contributed by atoms with Gasteiger partial charge in [0.15, 0.2) is 0 Å². The van der Waals surface area contributed by atoms with Gasteiger partial charge in [-0.05, 0) is 68.5 Å². The van der Waals surface area contributed by atoms with Crippen LogP contribution in [0.3, 0.4) is 0 Å². The van der Waals surface area contributed by atoms with Crippen molar-refractivity contribution >= 4 is 17.7 Å². The predicted octanol–water partition coefficient (Wildman–Crippen LogP) is 4.22. The van der Waals surface area contributed by atoms with Crippen molar-refractivity contribution in [1.29, 1.82) is 0 Å². The SMILES string of the molecule is CCCN(C(=O)C1CCCN(C(=O)c2ccc(F)cc2)C1)C1CCN(C(=O)c2ccccc2)CC1. The molecule has 2 aromatic carbocycles. The standard InChI is InChI=1S/C28H34FN3O3/c1-2-16-32(25-14-18-30(19-15-25)26(33)21-7-4-3-5-8-21)28(35)23-9-6-17-31(20-23)27(34)22-10-12-24(29)13-11-22/h3-5,7-8,10-13,23,25H,2,6,9,14-20H2,1H3. The number of carbonyl (C=O) groups is 3. The quantitative estimate of drug-likeness (QED) is 0.623. The van der Waals surface area contributed by atoms with Gasteiger partial charge in [-0.25, -0.2) is 4.39 Å². The monoisotopic (exact) mass is 479 g/mol. The molecule has 35 heavy (non-hydrogen) atoms. The highest BCUT2D eigenvalue weighted by molar-refractivity contribution is 5.95. The molecule has 2 saturated heterocycles. The molecule has 0 spiro atoms. The Morgan fingerprint density at radius 2 is 1.49 bits per heavy atom. The smallest absolute Gasteiger partial charge is 0.253 e. The molecule has 3 amide bonds. The van der Waals surface area contributed by atoms with E-state index in [0.717, 1.165) is 32.1 Å². The van der Waals surface area contributed by atoms with Crippen molar-refractivity contribution in [3.63, 3.8) is 0 Å². The number of piperidine rings is 2. The zero-order valence-electron chi connectivity index (χ0n) is 20.4. The first kappa shape index (κ1) is 24.9. The minimum atomic E-state index is -0.375. The van der Waals surface area contributed by atoms with Crippen molar-refractivity contribution in [2.75, 3.05) is 32.7 Å². The van der Waals surface area contributed by atoms with E-state index in [9.17, 15) is 18.8 Å². The lowest BCUT2D eigenvalue weighted by molar-refractivity contribution is -0.140. The number of rotatable bonds is 6. The third-order valence-electron chi connectivity index (χ3n) is 7.11. The molecule has 0 aliphatic carbocycles. The van der Waals surface area contributed by atoms with Gasteiger partial charge < -0.3 is 14.7 Å². The van der Waals surface area contributed by atoms with Gasteiger partial charge in [0, 0.05) is 49.9 Å². The van der Waals surface area contributed by atoms with Crippen LogP contribution in [0, 0.1) is 11.7 Å². The lowest BCUT2D eigenvalue weighted by Crippen LogP contribution is -2.53. The topological polar surface area (TPSA) is 60.9 Å². The van der Waals surface area contributed by atoms with Crippen molar-refractivity contribution in [2.45, 2.75) is 45.1 Å². The summed E-state index contributed by atoms with van der Waals surface area (Å²) in [6, 6.07) is 15.0. The molecule has 0 aromatic heterocycles. The second-order valence-electron chi connectivity index (χ2n) is 9.52. The number of likely N-dealkylation sites (tertiary alicyclic amines) is 2. The molecule has 2 aliphatic rings. The lowest BCUT2D eigenvalue weighted by Gasteiger charge is -2.41. The molecule has 1 atom stereocenters. The van der Waals surface area contributed by atoms with Gasteiger partial charge in [-0.15, -0.1) is 0 Å². The van der Waals surface area contributed by atoms with Crippen molar-refractivity contribution in [2.24, 2.45) is 5.92 Å². The second kappa shape index (κ2) is 11.5. The molecule has 4 rings (SSSR count). The Bertz CT molecular complexity index is 1020. The zero-order chi connectivity index (χ0) is 24.8. The van der Waals surface area contributed by atoms with Crippen LogP contribution in [0.5, 0.6) is 0 Å². The first-order valence-corrected chi connectivity index (χ1v) is 12.7. The van der Waals surface area contributed by atoms with E-state index in [1.54, 1.807) is 4.90 Å². The van der Waals surface area contributed by atoms with Gasteiger partial charge in [-0.2, -0.15) is 0 Å². The van der Waals surface area contributed by atoms with Crippen LogP contribution in [0.1, 0.15) is 59.7 Å². The second-order valence-corrected chi connectivity index (χ2v) is 9.52. The molecule has 186 valence electrons. The van der Waals surface area contributed by atoms with E-state index < -0.39 is 0 Å². The van der Waals surface area contributed by atoms with Gasteiger partial charge in [-0.3, -0.25) is 14.4 Å². The maximum atomic E-state index is 13.6. The van der Waals surface area contributed by atoms with E-state index in [1.807, 2.05) is 40.1 Å². The van der Waals surface area contributed by atoms with Crippen LogP contribution < -0.4 is 0 Å². The summed E-state index contributed by atoms with van der Waals surface area (Å²) in [6.07, 6.45) is 3.91. The summed E-state index contributed by atoms with van der Waals surface area (Å²) in [5.74, 6) is -0.614. The van der Waals surface area contributed by atoms with Crippen LogP contribution in [0.25, 0.3) is 0 Å². The number of hydrogen-bond donors (Lipinski definition) is 0. The summed E-state index contributed by atoms with van der Waals surface area (Å²) in [4.78, 5) is 45.0. The largest absolute Gasteiger partial charge is 0.339 e. The van der Waals surface area contributed by atoms with Crippen LogP contribution in [-0.4, -0.2) is 71.2 Å². The molecule has 7 heteroatoms. The molecule has 0 N–H and O–H groups in total. The summed E-state index contributed by atoms with van der Waals surface area (Å²) < 4.78 is 13.3. The normalized spacial score (nSPS) is 18.9. The highest BCUT2D eigenvalue weighted by atomic mass is 19.1. The van der Waals surface area contributed by atoms with Gasteiger partial charge in [0.1, 0.15) is 5.82 Å². The maximum absolute atomic E-state index is 13.6. The minimum Gasteiger partial charge on any atom is -0.339 e. The molecular weight excluding hydrogens is 445 g/mol. The van der Waals surface area contributed by atoms with Crippen molar-refractivity contribution < 1.29 is 18.8 Å². The third kappa shape index (κ3) is 5.89. The van der Waals surface area contributed by atoms with Crippen LogP contribution in [0.15, 0.2) is 54.6 Å². The van der Waals surface area contributed by atoms with Crippen LogP contribution in [0.2, 0.25) is 0 Å². The number of nitrogens with zero attached hydrogens (tertiary/aromatic N) is 3. The molecule has 2 aromatic rings. The Morgan fingerprint density at radius 3 is 2.14 bits per heavy atom. The summed E-state index contributed by atoms with van der Waals surface area (Å²) in [6.45, 7) is 5.00. The molecule has 0 saturated carbocycles. The van der Waals surface area contributed by atoms with E-state index >= 15 is 0 Å². The first-order chi connectivity index (χ1) is 17.0. The number of carbonyl (C=O) groups excluding carboxylic acids is 3. The Balaban J connectivity index is 1.38. The maximum Gasteiger partial charge on any atom is 0.253 e. The van der Waals surface area contributed by atoms with E-state index in [2.05, 4.69) is 6.92 Å². The predicted molar refractivity (Wildman–Crippen MR) is 132 cm³/mol. The van der Waals surface area contributed by atoms with Gasteiger partial charge in [0.05, 0.1) is 5.92 Å². The minimum absolute atomic E-state index is 0.0413. The van der Waals surface area contributed by atoms with Crippen LogP contribution in [-0.2, 0) is 4.79 Å². The van der Waals surface area contributed by atoms with Crippen molar-refractivity contribution in [1.82, 2.24) is 14.7 Å². The van der Waals surface area contributed by atoms with E-state index in [-0.39, 0.29) is 35.5 Å².